The van der Waals surface area contributed by atoms with Gasteiger partial charge in [-0.15, -0.1) is 10.2 Å². The molecule has 1 heterocycles. The number of thioether (sulfide) groups is 2. The fourth-order valence-corrected chi connectivity index (χ4v) is 3.06. The summed E-state index contributed by atoms with van der Waals surface area (Å²) in [4.78, 5) is 16.0. The van der Waals surface area contributed by atoms with Gasteiger partial charge in [0.2, 0.25) is 11.8 Å². The van der Waals surface area contributed by atoms with E-state index in [1.807, 2.05) is 49.5 Å². The highest BCUT2D eigenvalue weighted by Crippen LogP contribution is 2.19. The summed E-state index contributed by atoms with van der Waals surface area (Å²) < 4.78 is 5.45. The molecule has 2 aromatic rings. The van der Waals surface area contributed by atoms with Crippen LogP contribution in [-0.2, 0) is 17.1 Å². The van der Waals surface area contributed by atoms with E-state index in [2.05, 4.69) is 10.2 Å². The van der Waals surface area contributed by atoms with Crippen molar-refractivity contribution >= 4 is 35.1 Å². The van der Waals surface area contributed by atoms with Gasteiger partial charge in [0.05, 0.1) is 11.5 Å². The van der Waals surface area contributed by atoms with Crippen LogP contribution in [0.2, 0.25) is 0 Å². The van der Waals surface area contributed by atoms with Crippen molar-refractivity contribution in [3.8, 4) is 0 Å². The Kier molecular flexibility index (Phi) is 6.99. The minimum Gasteiger partial charge on any atom is -0.415 e. The molecule has 1 aromatic heterocycles. The zero-order valence-corrected chi connectivity index (χ0v) is 16.0. The molecule has 2 rings (SSSR count). The fourth-order valence-electron chi connectivity index (χ4n) is 1.97. The molecule has 0 aliphatic carbocycles. The Morgan fingerprint density at radius 2 is 1.88 bits per heavy atom. The van der Waals surface area contributed by atoms with Crippen molar-refractivity contribution in [1.29, 1.82) is 0 Å². The summed E-state index contributed by atoms with van der Waals surface area (Å²) in [5, 5.41) is 8.31. The molecule has 0 spiro atoms. The van der Waals surface area contributed by atoms with E-state index < -0.39 is 0 Å². The van der Waals surface area contributed by atoms with Gasteiger partial charge in [-0.05, 0) is 24.0 Å². The average molecular weight is 367 g/mol. The first-order chi connectivity index (χ1) is 11.5. The minimum atomic E-state index is 0.0290. The van der Waals surface area contributed by atoms with Gasteiger partial charge in [0, 0.05) is 33.4 Å². The normalized spacial score (nSPS) is 10.7. The van der Waals surface area contributed by atoms with Crippen LogP contribution < -0.4 is 4.90 Å². The van der Waals surface area contributed by atoms with Gasteiger partial charge in [-0.1, -0.05) is 23.9 Å². The molecule has 0 aliphatic heterocycles. The average Bonchev–Trinajstić information content (AvgIpc) is 3.01. The lowest BCUT2D eigenvalue weighted by Gasteiger charge is -2.18. The molecule has 24 heavy (non-hydrogen) atoms. The zero-order chi connectivity index (χ0) is 17.5. The van der Waals surface area contributed by atoms with Crippen molar-refractivity contribution in [2.24, 2.45) is 0 Å². The Balaban J connectivity index is 1.82. The highest BCUT2D eigenvalue weighted by molar-refractivity contribution is 7.99. The first kappa shape index (κ1) is 18.7. The SMILES string of the molecule is CSCc1nnc(SCC(=O)N(C)Cc2ccc(N(C)C)cc2)o1. The first-order valence-corrected chi connectivity index (χ1v) is 9.82. The van der Waals surface area contributed by atoms with E-state index in [4.69, 9.17) is 4.42 Å². The quantitative estimate of drug-likeness (QED) is 0.666. The van der Waals surface area contributed by atoms with Crippen molar-refractivity contribution in [2.45, 2.75) is 17.5 Å². The maximum absolute atomic E-state index is 12.2. The standard InChI is InChI=1S/C16H22N4O2S2/c1-19(2)13-7-5-12(6-8-13)9-20(3)15(21)11-24-16-18-17-14(22-16)10-23-4/h5-8H,9-11H2,1-4H3. The number of rotatable bonds is 8. The number of aromatic nitrogens is 2. The van der Waals surface area contributed by atoms with Gasteiger partial charge in [0.1, 0.15) is 0 Å². The number of nitrogens with zero attached hydrogens (tertiary/aromatic N) is 4. The molecule has 0 bridgehead atoms. The van der Waals surface area contributed by atoms with Crippen LogP contribution in [0.15, 0.2) is 33.9 Å². The highest BCUT2D eigenvalue weighted by atomic mass is 32.2. The molecule has 0 saturated carbocycles. The third kappa shape index (κ3) is 5.45. The molecule has 1 aromatic carbocycles. The lowest BCUT2D eigenvalue weighted by Crippen LogP contribution is -2.27. The number of carbonyl (C=O) groups is 1. The molecule has 0 fully saturated rings. The molecular weight excluding hydrogens is 344 g/mol. The van der Waals surface area contributed by atoms with Crippen LogP contribution in [-0.4, -0.2) is 54.2 Å². The highest BCUT2D eigenvalue weighted by Gasteiger charge is 2.13. The van der Waals surface area contributed by atoms with E-state index in [1.54, 1.807) is 23.7 Å². The van der Waals surface area contributed by atoms with Crippen LogP contribution in [0.4, 0.5) is 5.69 Å². The Labute approximate surface area is 151 Å². The van der Waals surface area contributed by atoms with E-state index in [0.29, 0.717) is 23.4 Å². The Morgan fingerprint density at radius 1 is 1.17 bits per heavy atom. The number of hydrogen-bond donors (Lipinski definition) is 0. The third-order valence-corrected chi connectivity index (χ3v) is 4.67. The monoisotopic (exact) mass is 366 g/mol. The number of benzene rings is 1. The van der Waals surface area contributed by atoms with Gasteiger partial charge in [-0.2, -0.15) is 11.8 Å². The fraction of sp³-hybridized carbons (Fsp3) is 0.438. The molecule has 0 unspecified atom stereocenters. The number of amides is 1. The lowest BCUT2D eigenvalue weighted by atomic mass is 10.2. The molecule has 0 N–H and O–H groups in total. The summed E-state index contributed by atoms with van der Waals surface area (Å²) in [5.74, 6) is 1.59. The molecule has 0 radical (unpaired) electrons. The third-order valence-electron chi connectivity index (χ3n) is 3.33. The van der Waals surface area contributed by atoms with Crippen molar-refractivity contribution < 1.29 is 9.21 Å². The van der Waals surface area contributed by atoms with Crippen molar-refractivity contribution in [2.75, 3.05) is 38.1 Å². The Hall–Kier alpha value is -1.67. The Morgan fingerprint density at radius 3 is 2.50 bits per heavy atom. The molecular formula is C16H22N4O2S2. The zero-order valence-electron chi connectivity index (χ0n) is 14.4. The number of anilines is 1. The summed E-state index contributed by atoms with van der Waals surface area (Å²) in [7, 11) is 5.81. The van der Waals surface area contributed by atoms with Crippen LogP contribution in [0.3, 0.4) is 0 Å². The Bertz CT molecular complexity index is 658. The molecule has 8 heteroatoms. The predicted octanol–water partition coefficient (Wildman–Crippen LogP) is 2.75. The van der Waals surface area contributed by atoms with E-state index in [1.165, 1.54) is 11.8 Å². The van der Waals surface area contributed by atoms with Gasteiger partial charge in [0.25, 0.3) is 5.22 Å². The summed E-state index contributed by atoms with van der Waals surface area (Å²) in [6, 6.07) is 8.18. The van der Waals surface area contributed by atoms with Gasteiger partial charge in [-0.25, -0.2) is 0 Å². The molecule has 0 atom stereocenters. The van der Waals surface area contributed by atoms with E-state index >= 15 is 0 Å². The van der Waals surface area contributed by atoms with Gasteiger partial charge >= 0.3 is 0 Å². The van der Waals surface area contributed by atoms with Gasteiger partial charge in [0.15, 0.2) is 0 Å². The van der Waals surface area contributed by atoms with E-state index in [0.717, 1.165) is 11.3 Å². The molecule has 130 valence electrons. The second kappa shape index (κ2) is 8.98. The van der Waals surface area contributed by atoms with Crippen molar-refractivity contribution in [1.82, 2.24) is 15.1 Å². The predicted molar refractivity (Wildman–Crippen MR) is 99.5 cm³/mol. The van der Waals surface area contributed by atoms with Gasteiger partial charge < -0.3 is 14.2 Å². The van der Waals surface area contributed by atoms with E-state index in [-0.39, 0.29) is 11.7 Å². The minimum absolute atomic E-state index is 0.0290. The molecule has 0 aliphatic rings. The smallest absolute Gasteiger partial charge is 0.277 e. The summed E-state index contributed by atoms with van der Waals surface area (Å²) >= 11 is 2.89. The van der Waals surface area contributed by atoms with Crippen molar-refractivity contribution in [3.63, 3.8) is 0 Å². The van der Waals surface area contributed by atoms with E-state index in [9.17, 15) is 4.79 Å². The maximum atomic E-state index is 12.2. The van der Waals surface area contributed by atoms with Crippen LogP contribution >= 0.6 is 23.5 Å². The summed E-state index contributed by atoms with van der Waals surface area (Å²) in [6.07, 6.45) is 1.97. The number of hydrogen-bond acceptors (Lipinski definition) is 7. The van der Waals surface area contributed by atoms with Crippen molar-refractivity contribution in [3.05, 3.63) is 35.7 Å². The molecule has 0 saturated heterocycles. The van der Waals surface area contributed by atoms with Crippen LogP contribution in [0.5, 0.6) is 0 Å². The van der Waals surface area contributed by atoms with Gasteiger partial charge in [-0.3, -0.25) is 4.79 Å². The molecule has 1 amide bonds. The van der Waals surface area contributed by atoms with Crippen LogP contribution in [0, 0.1) is 0 Å². The topological polar surface area (TPSA) is 62.5 Å². The second-order valence-electron chi connectivity index (χ2n) is 5.49. The first-order valence-electron chi connectivity index (χ1n) is 7.44. The largest absolute Gasteiger partial charge is 0.415 e. The van der Waals surface area contributed by atoms with Crippen LogP contribution in [0.1, 0.15) is 11.5 Å². The maximum Gasteiger partial charge on any atom is 0.277 e. The molecule has 6 nitrogen and oxygen atoms in total. The second-order valence-corrected chi connectivity index (χ2v) is 7.29. The van der Waals surface area contributed by atoms with Crippen LogP contribution in [0.25, 0.3) is 0 Å². The summed E-state index contributed by atoms with van der Waals surface area (Å²) in [6.45, 7) is 0.578. The number of carbonyl (C=O) groups excluding carboxylic acids is 1. The lowest BCUT2D eigenvalue weighted by molar-refractivity contribution is -0.127. The summed E-state index contributed by atoms with van der Waals surface area (Å²) in [5.41, 5.74) is 2.24.